The van der Waals surface area contributed by atoms with Crippen LogP contribution in [-0.4, -0.2) is 57.5 Å². The number of carbonyl (C=O) groups excluding carboxylic acids is 2. The molecular formula is C31H37N3O6S. The first kappa shape index (κ1) is 29.9. The Morgan fingerprint density at radius 3 is 2.39 bits per heavy atom. The van der Waals surface area contributed by atoms with Gasteiger partial charge in [0.1, 0.15) is 25.8 Å². The van der Waals surface area contributed by atoms with Gasteiger partial charge >= 0.3 is 0 Å². The molecule has 3 aromatic carbocycles. The fourth-order valence-electron chi connectivity index (χ4n) is 4.56. The summed E-state index contributed by atoms with van der Waals surface area (Å²) in [5.74, 6) is 0.0897. The highest BCUT2D eigenvalue weighted by molar-refractivity contribution is 7.92. The number of nitrogens with zero attached hydrogens (tertiary/aromatic N) is 2. The van der Waals surface area contributed by atoms with E-state index in [1.165, 1.54) is 17.0 Å². The van der Waals surface area contributed by atoms with Crippen molar-refractivity contribution in [3.05, 3.63) is 83.9 Å². The minimum Gasteiger partial charge on any atom is -0.486 e. The number of sulfonamides is 1. The molecule has 4 rings (SSSR count). The molecule has 1 aliphatic rings. The van der Waals surface area contributed by atoms with Crippen LogP contribution in [0.5, 0.6) is 11.5 Å². The Morgan fingerprint density at radius 1 is 0.951 bits per heavy atom. The topological polar surface area (TPSA) is 105 Å². The zero-order chi connectivity index (χ0) is 29.4. The van der Waals surface area contributed by atoms with E-state index in [2.05, 4.69) is 5.32 Å². The smallest absolute Gasteiger partial charge is 0.264 e. The van der Waals surface area contributed by atoms with Crippen molar-refractivity contribution < 1.29 is 27.5 Å². The van der Waals surface area contributed by atoms with Crippen molar-refractivity contribution in [1.82, 2.24) is 10.2 Å². The Bertz CT molecular complexity index is 1460. The Morgan fingerprint density at radius 2 is 1.68 bits per heavy atom. The molecule has 0 saturated heterocycles. The minimum absolute atomic E-state index is 0.0401. The summed E-state index contributed by atoms with van der Waals surface area (Å²) in [6.45, 7) is 6.49. The molecule has 1 heterocycles. The van der Waals surface area contributed by atoms with Gasteiger partial charge in [-0.25, -0.2) is 8.42 Å². The van der Waals surface area contributed by atoms with E-state index in [-0.39, 0.29) is 23.0 Å². The lowest BCUT2D eigenvalue weighted by atomic mass is 10.1. The Kier molecular flexibility index (Phi) is 9.88. The van der Waals surface area contributed by atoms with Gasteiger partial charge in [0.05, 0.1) is 10.6 Å². The predicted octanol–water partition coefficient (Wildman–Crippen LogP) is 4.30. The largest absolute Gasteiger partial charge is 0.486 e. The van der Waals surface area contributed by atoms with Crippen LogP contribution in [0.1, 0.15) is 37.8 Å². The number of hydrogen-bond acceptors (Lipinski definition) is 6. The highest BCUT2D eigenvalue weighted by Gasteiger charge is 2.33. The van der Waals surface area contributed by atoms with Gasteiger partial charge in [0.15, 0.2) is 11.5 Å². The molecule has 41 heavy (non-hydrogen) atoms. The lowest BCUT2D eigenvalue weighted by Gasteiger charge is -2.32. The third-order valence-corrected chi connectivity index (χ3v) is 8.64. The summed E-state index contributed by atoms with van der Waals surface area (Å²) < 4.78 is 40.3. The molecule has 0 aromatic heterocycles. The number of carbonyl (C=O) groups is 2. The Labute approximate surface area is 242 Å². The van der Waals surface area contributed by atoms with E-state index in [0.717, 1.165) is 28.3 Å². The fourth-order valence-corrected chi connectivity index (χ4v) is 5.99. The van der Waals surface area contributed by atoms with Crippen LogP contribution >= 0.6 is 0 Å². The number of nitrogens with one attached hydrogen (secondary N) is 1. The first-order valence-electron chi connectivity index (χ1n) is 13.8. The minimum atomic E-state index is -4.16. The second-order valence-electron chi connectivity index (χ2n) is 9.98. The van der Waals surface area contributed by atoms with Gasteiger partial charge in [-0.15, -0.1) is 0 Å². The molecule has 0 saturated carbocycles. The standard InChI is InChI=1S/C31H37N3O6S/c1-4-5-16-32-31(36)24(3)33(21-25-11-9-10-23(2)19-25)30(35)22-34(41(37,38)27-12-7-6-8-13-27)26-14-15-28-29(20-26)40-18-17-39-28/h6-15,19-20,24H,4-5,16-18,21-22H2,1-3H3,(H,32,36)/t24-/m0/s1. The molecule has 3 aromatic rings. The second kappa shape index (κ2) is 13.5. The zero-order valence-electron chi connectivity index (χ0n) is 23.7. The SMILES string of the molecule is CCCCNC(=O)[C@H](C)N(Cc1cccc(C)c1)C(=O)CN(c1ccc2c(c1)OCCO2)S(=O)(=O)c1ccccc1. The van der Waals surface area contributed by atoms with Gasteiger partial charge in [-0.1, -0.05) is 61.4 Å². The van der Waals surface area contributed by atoms with E-state index in [1.54, 1.807) is 43.3 Å². The molecule has 218 valence electrons. The van der Waals surface area contributed by atoms with Gasteiger partial charge in [0.2, 0.25) is 11.8 Å². The van der Waals surface area contributed by atoms with Crippen molar-refractivity contribution in [2.45, 2.75) is 51.1 Å². The van der Waals surface area contributed by atoms with E-state index in [4.69, 9.17) is 9.47 Å². The Balaban J connectivity index is 1.71. The third kappa shape index (κ3) is 7.38. The molecule has 9 nitrogen and oxygen atoms in total. The van der Waals surface area contributed by atoms with Crippen molar-refractivity contribution in [3.8, 4) is 11.5 Å². The molecule has 0 spiro atoms. The average Bonchev–Trinajstić information content (AvgIpc) is 2.98. The number of amides is 2. The van der Waals surface area contributed by atoms with Crippen molar-refractivity contribution in [1.29, 1.82) is 0 Å². The fraction of sp³-hybridized carbons (Fsp3) is 0.355. The normalized spacial score (nSPS) is 13.2. The van der Waals surface area contributed by atoms with Crippen LogP contribution < -0.4 is 19.1 Å². The summed E-state index contributed by atoms with van der Waals surface area (Å²) in [4.78, 5) is 28.6. The van der Waals surface area contributed by atoms with Crippen LogP contribution in [0.15, 0.2) is 77.7 Å². The predicted molar refractivity (Wildman–Crippen MR) is 158 cm³/mol. The second-order valence-corrected chi connectivity index (χ2v) is 11.8. The average molecular weight is 580 g/mol. The first-order valence-corrected chi connectivity index (χ1v) is 15.2. The van der Waals surface area contributed by atoms with Gasteiger partial charge in [-0.3, -0.25) is 13.9 Å². The summed E-state index contributed by atoms with van der Waals surface area (Å²) in [6.07, 6.45) is 1.74. The van der Waals surface area contributed by atoms with E-state index in [1.807, 2.05) is 38.1 Å². The monoisotopic (exact) mass is 579 g/mol. The number of fused-ring (bicyclic) bond motifs is 1. The molecule has 0 unspecified atom stereocenters. The quantitative estimate of drug-likeness (QED) is 0.321. The van der Waals surface area contributed by atoms with E-state index >= 15 is 0 Å². The molecule has 0 radical (unpaired) electrons. The highest BCUT2D eigenvalue weighted by atomic mass is 32.2. The first-order chi connectivity index (χ1) is 19.7. The van der Waals surface area contributed by atoms with Crippen molar-refractivity contribution in [2.75, 3.05) is 30.6 Å². The molecule has 1 aliphatic heterocycles. The maximum atomic E-state index is 14.0. The van der Waals surface area contributed by atoms with Gasteiger partial charge < -0.3 is 19.7 Å². The number of aryl methyl sites for hydroxylation is 1. The maximum absolute atomic E-state index is 14.0. The summed E-state index contributed by atoms with van der Waals surface area (Å²) >= 11 is 0. The van der Waals surface area contributed by atoms with Gasteiger partial charge in [0, 0.05) is 19.2 Å². The van der Waals surface area contributed by atoms with Crippen molar-refractivity contribution >= 4 is 27.5 Å². The zero-order valence-corrected chi connectivity index (χ0v) is 24.5. The van der Waals surface area contributed by atoms with Crippen LogP contribution in [-0.2, 0) is 26.2 Å². The molecule has 1 atom stereocenters. The maximum Gasteiger partial charge on any atom is 0.264 e. The van der Waals surface area contributed by atoms with Crippen LogP contribution in [0.25, 0.3) is 0 Å². The van der Waals surface area contributed by atoms with Gasteiger partial charge in [-0.05, 0) is 50.1 Å². The Hall–Kier alpha value is -4.05. The molecule has 0 bridgehead atoms. The summed E-state index contributed by atoms with van der Waals surface area (Å²) in [6, 6.07) is 19.6. The number of unbranched alkanes of at least 4 members (excludes halogenated alkanes) is 1. The number of hydrogen-bond donors (Lipinski definition) is 1. The number of ether oxygens (including phenoxy) is 2. The van der Waals surface area contributed by atoms with Crippen LogP contribution in [0.2, 0.25) is 0 Å². The van der Waals surface area contributed by atoms with Crippen molar-refractivity contribution in [3.63, 3.8) is 0 Å². The van der Waals surface area contributed by atoms with E-state index < -0.39 is 28.5 Å². The summed E-state index contributed by atoms with van der Waals surface area (Å²) in [7, 11) is -4.16. The van der Waals surface area contributed by atoms with Crippen LogP contribution in [0, 0.1) is 6.92 Å². The summed E-state index contributed by atoms with van der Waals surface area (Å²) in [5.41, 5.74) is 2.10. The molecular weight excluding hydrogens is 542 g/mol. The van der Waals surface area contributed by atoms with Crippen LogP contribution in [0.3, 0.4) is 0 Å². The lowest BCUT2D eigenvalue weighted by molar-refractivity contribution is -0.139. The van der Waals surface area contributed by atoms with Gasteiger partial charge in [-0.2, -0.15) is 0 Å². The van der Waals surface area contributed by atoms with Crippen LogP contribution in [0.4, 0.5) is 5.69 Å². The summed E-state index contributed by atoms with van der Waals surface area (Å²) in [5, 5.41) is 2.90. The number of anilines is 1. The molecule has 10 heteroatoms. The van der Waals surface area contributed by atoms with Gasteiger partial charge in [0.25, 0.3) is 10.0 Å². The molecule has 0 aliphatic carbocycles. The third-order valence-electron chi connectivity index (χ3n) is 6.86. The number of benzene rings is 3. The van der Waals surface area contributed by atoms with E-state index in [9.17, 15) is 18.0 Å². The van der Waals surface area contributed by atoms with Crippen molar-refractivity contribution in [2.24, 2.45) is 0 Å². The molecule has 1 N–H and O–H groups in total. The van der Waals surface area contributed by atoms with E-state index in [0.29, 0.717) is 31.3 Å². The molecule has 0 fully saturated rings. The molecule has 2 amide bonds. The highest BCUT2D eigenvalue weighted by Crippen LogP contribution is 2.36. The number of rotatable bonds is 12. The lowest BCUT2D eigenvalue weighted by Crippen LogP contribution is -2.51.